The van der Waals surface area contributed by atoms with E-state index in [1.54, 1.807) is 6.92 Å². The highest BCUT2D eigenvalue weighted by molar-refractivity contribution is 5.97. The van der Waals surface area contributed by atoms with E-state index in [1.807, 2.05) is 13.8 Å². The Morgan fingerprint density at radius 2 is 2.00 bits per heavy atom. The molecule has 0 radical (unpaired) electrons. The zero-order chi connectivity index (χ0) is 14.6. The van der Waals surface area contributed by atoms with Crippen molar-refractivity contribution in [3.05, 3.63) is 35.1 Å². The summed E-state index contributed by atoms with van der Waals surface area (Å²) in [6.45, 7) is 5.41. The minimum atomic E-state index is -1.09. The number of hydrogen-bond donors (Lipinski definition) is 2. The van der Waals surface area contributed by atoms with E-state index in [-0.39, 0.29) is 11.5 Å². The van der Waals surface area contributed by atoms with Gasteiger partial charge in [0, 0.05) is 5.56 Å². The van der Waals surface area contributed by atoms with Gasteiger partial charge in [-0.3, -0.25) is 4.79 Å². The fourth-order valence-electron chi connectivity index (χ4n) is 1.77. The number of rotatable bonds is 5. The Balaban J connectivity index is 2.87. The van der Waals surface area contributed by atoms with Crippen LogP contribution in [-0.4, -0.2) is 23.0 Å². The number of halogens is 1. The summed E-state index contributed by atoms with van der Waals surface area (Å²) in [5, 5.41) is 11.5. The van der Waals surface area contributed by atoms with Gasteiger partial charge in [0.05, 0.1) is 0 Å². The van der Waals surface area contributed by atoms with Gasteiger partial charge in [-0.1, -0.05) is 19.9 Å². The fraction of sp³-hybridized carbons (Fsp3) is 0.429. The number of amides is 1. The van der Waals surface area contributed by atoms with Gasteiger partial charge in [0.1, 0.15) is 11.9 Å². The third-order valence-corrected chi connectivity index (χ3v) is 2.75. The highest BCUT2D eigenvalue weighted by Crippen LogP contribution is 2.12. The van der Waals surface area contributed by atoms with E-state index in [4.69, 9.17) is 5.11 Å². The summed E-state index contributed by atoms with van der Waals surface area (Å²) < 4.78 is 13.1. The van der Waals surface area contributed by atoms with Gasteiger partial charge in [0.15, 0.2) is 0 Å². The van der Waals surface area contributed by atoms with Crippen molar-refractivity contribution < 1.29 is 19.1 Å². The maximum absolute atomic E-state index is 13.1. The molecule has 1 rings (SSSR count). The van der Waals surface area contributed by atoms with Crippen molar-refractivity contribution in [3.8, 4) is 0 Å². The summed E-state index contributed by atoms with van der Waals surface area (Å²) in [6, 6.07) is 2.89. The molecule has 1 aromatic carbocycles. The molecule has 4 nitrogen and oxygen atoms in total. The molecule has 0 unspecified atom stereocenters. The van der Waals surface area contributed by atoms with Gasteiger partial charge in [-0.05, 0) is 37.0 Å². The van der Waals surface area contributed by atoms with Crippen molar-refractivity contribution >= 4 is 11.9 Å². The minimum Gasteiger partial charge on any atom is -0.480 e. The zero-order valence-corrected chi connectivity index (χ0v) is 11.2. The molecule has 104 valence electrons. The van der Waals surface area contributed by atoms with Crippen molar-refractivity contribution in [2.45, 2.75) is 33.2 Å². The number of benzene rings is 1. The predicted molar refractivity (Wildman–Crippen MR) is 69.5 cm³/mol. The topological polar surface area (TPSA) is 66.4 Å². The Hall–Kier alpha value is -1.91. The highest BCUT2D eigenvalue weighted by Gasteiger charge is 2.22. The van der Waals surface area contributed by atoms with Gasteiger partial charge in [-0.25, -0.2) is 9.18 Å². The molecule has 0 aliphatic heterocycles. The van der Waals surface area contributed by atoms with E-state index in [0.717, 1.165) is 6.07 Å². The summed E-state index contributed by atoms with van der Waals surface area (Å²) in [5.74, 6) is -2.04. The number of carboxylic acid groups (broad SMARTS) is 1. The molecule has 0 spiro atoms. The van der Waals surface area contributed by atoms with Crippen LogP contribution in [-0.2, 0) is 4.79 Å². The van der Waals surface area contributed by atoms with Crippen molar-refractivity contribution in [1.29, 1.82) is 0 Å². The first-order chi connectivity index (χ1) is 8.81. The first-order valence-electron chi connectivity index (χ1n) is 6.11. The smallest absolute Gasteiger partial charge is 0.326 e. The van der Waals surface area contributed by atoms with E-state index >= 15 is 0 Å². The van der Waals surface area contributed by atoms with E-state index in [9.17, 15) is 14.0 Å². The largest absolute Gasteiger partial charge is 0.480 e. The first kappa shape index (κ1) is 15.1. The third-order valence-electron chi connectivity index (χ3n) is 2.75. The Bertz CT molecular complexity index is 486. The van der Waals surface area contributed by atoms with Crippen LogP contribution >= 0.6 is 0 Å². The molecule has 0 saturated heterocycles. The molecule has 0 heterocycles. The van der Waals surface area contributed by atoms with Gasteiger partial charge in [-0.15, -0.1) is 0 Å². The molecule has 0 aliphatic rings. The summed E-state index contributed by atoms with van der Waals surface area (Å²) in [4.78, 5) is 23.0. The average molecular weight is 267 g/mol. The van der Waals surface area contributed by atoms with Gasteiger partial charge < -0.3 is 10.4 Å². The van der Waals surface area contributed by atoms with E-state index in [0.29, 0.717) is 12.0 Å². The lowest BCUT2D eigenvalue weighted by Gasteiger charge is -2.17. The number of aryl methyl sites for hydroxylation is 1. The maximum atomic E-state index is 13.1. The van der Waals surface area contributed by atoms with Gasteiger partial charge in [-0.2, -0.15) is 0 Å². The maximum Gasteiger partial charge on any atom is 0.326 e. The molecule has 0 aliphatic carbocycles. The number of aliphatic carboxylic acids is 1. The number of hydrogen-bond acceptors (Lipinski definition) is 2. The van der Waals surface area contributed by atoms with Gasteiger partial charge >= 0.3 is 5.97 Å². The standard InChI is InChI=1S/C14H18FNO3/c1-8(2)6-12(14(18)19)16-13(17)11-7-10(15)5-4-9(11)3/h4-5,7-8,12H,6H2,1-3H3,(H,16,17)(H,18,19)/t12-/m1/s1. The summed E-state index contributed by atoms with van der Waals surface area (Å²) >= 11 is 0. The summed E-state index contributed by atoms with van der Waals surface area (Å²) in [7, 11) is 0. The van der Waals surface area contributed by atoms with Crippen molar-refractivity contribution in [2.24, 2.45) is 5.92 Å². The molecule has 0 fully saturated rings. The number of carbonyl (C=O) groups is 2. The lowest BCUT2D eigenvalue weighted by atomic mass is 10.0. The second kappa shape index (κ2) is 6.31. The molecule has 0 aromatic heterocycles. The highest BCUT2D eigenvalue weighted by atomic mass is 19.1. The summed E-state index contributed by atoms with van der Waals surface area (Å²) in [5.41, 5.74) is 0.766. The Kier molecular flexibility index (Phi) is 5.03. The molecule has 1 atom stereocenters. The number of carboxylic acids is 1. The molecule has 1 amide bonds. The fourth-order valence-corrected chi connectivity index (χ4v) is 1.77. The predicted octanol–water partition coefficient (Wildman–Crippen LogP) is 2.36. The van der Waals surface area contributed by atoms with Gasteiger partial charge in [0.2, 0.25) is 0 Å². The Morgan fingerprint density at radius 1 is 1.37 bits per heavy atom. The van der Waals surface area contributed by atoms with Crippen LogP contribution in [0.2, 0.25) is 0 Å². The van der Waals surface area contributed by atoms with Crippen molar-refractivity contribution in [3.63, 3.8) is 0 Å². The second-order valence-electron chi connectivity index (χ2n) is 4.95. The van der Waals surface area contributed by atoms with Crippen LogP contribution in [0.25, 0.3) is 0 Å². The number of carbonyl (C=O) groups excluding carboxylic acids is 1. The molecule has 0 bridgehead atoms. The Morgan fingerprint density at radius 3 is 2.53 bits per heavy atom. The monoisotopic (exact) mass is 267 g/mol. The lowest BCUT2D eigenvalue weighted by molar-refractivity contribution is -0.139. The molecule has 19 heavy (non-hydrogen) atoms. The van der Waals surface area contributed by atoms with Crippen molar-refractivity contribution in [1.82, 2.24) is 5.32 Å². The molecule has 2 N–H and O–H groups in total. The lowest BCUT2D eigenvalue weighted by Crippen LogP contribution is -2.41. The quantitative estimate of drug-likeness (QED) is 0.860. The summed E-state index contributed by atoms with van der Waals surface area (Å²) in [6.07, 6.45) is 0.329. The molecular formula is C14H18FNO3. The van der Waals surface area contributed by atoms with E-state index in [1.165, 1.54) is 12.1 Å². The first-order valence-corrected chi connectivity index (χ1v) is 6.11. The minimum absolute atomic E-state index is 0.134. The molecule has 0 saturated carbocycles. The average Bonchev–Trinajstić information content (AvgIpc) is 2.30. The second-order valence-corrected chi connectivity index (χ2v) is 4.95. The van der Waals surface area contributed by atoms with Crippen LogP contribution in [0, 0.1) is 18.7 Å². The number of nitrogens with one attached hydrogen (secondary N) is 1. The molecule has 1 aromatic rings. The normalized spacial score (nSPS) is 12.3. The van der Waals surface area contributed by atoms with E-state index in [2.05, 4.69) is 5.32 Å². The Labute approximate surface area is 111 Å². The third kappa shape index (κ3) is 4.35. The van der Waals surface area contributed by atoms with Crippen LogP contribution in [0.5, 0.6) is 0 Å². The van der Waals surface area contributed by atoms with Gasteiger partial charge in [0.25, 0.3) is 5.91 Å². The van der Waals surface area contributed by atoms with Crippen LogP contribution in [0.15, 0.2) is 18.2 Å². The van der Waals surface area contributed by atoms with Crippen LogP contribution in [0.4, 0.5) is 4.39 Å². The molecule has 5 heteroatoms. The van der Waals surface area contributed by atoms with E-state index < -0.39 is 23.7 Å². The van der Waals surface area contributed by atoms with Crippen LogP contribution < -0.4 is 5.32 Å². The zero-order valence-electron chi connectivity index (χ0n) is 11.2. The van der Waals surface area contributed by atoms with Crippen molar-refractivity contribution in [2.75, 3.05) is 0 Å². The van der Waals surface area contributed by atoms with Crippen LogP contribution in [0.3, 0.4) is 0 Å². The molecular weight excluding hydrogens is 249 g/mol. The SMILES string of the molecule is Cc1ccc(F)cc1C(=O)N[C@H](CC(C)C)C(=O)O. The van der Waals surface area contributed by atoms with Crippen LogP contribution in [0.1, 0.15) is 36.2 Å².